The lowest BCUT2D eigenvalue weighted by molar-refractivity contribution is -0.195. The maximum absolute atomic E-state index is 13.3. The molecule has 1 heterocycles. The number of esters is 1. The van der Waals surface area contributed by atoms with Crippen LogP contribution < -0.4 is 4.74 Å². The number of cyclic esters (lactones) is 1. The summed E-state index contributed by atoms with van der Waals surface area (Å²) in [5.74, 6) is 1.83. The first-order valence-corrected chi connectivity index (χ1v) is 14.7. The zero-order valence-corrected chi connectivity index (χ0v) is 23.9. The summed E-state index contributed by atoms with van der Waals surface area (Å²) < 4.78 is 18.9. The minimum atomic E-state index is -0.597. The van der Waals surface area contributed by atoms with Gasteiger partial charge in [0.15, 0.2) is 0 Å². The van der Waals surface area contributed by atoms with Crippen molar-refractivity contribution in [3.8, 4) is 11.5 Å². The molecule has 1 saturated carbocycles. The fraction of sp³-hybridized carbons (Fsp3) is 0.457. The number of phenolic OH excluding ortho intramolecular Hbond substituents is 1. The van der Waals surface area contributed by atoms with Crippen molar-refractivity contribution in [3.63, 3.8) is 0 Å². The van der Waals surface area contributed by atoms with Crippen molar-refractivity contribution in [3.05, 3.63) is 95.6 Å². The predicted molar refractivity (Wildman–Crippen MR) is 156 cm³/mol. The molecule has 0 amide bonds. The maximum atomic E-state index is 13.3. The average Bonchev–Trinajstić information content (AvgIpc) is 3.21. The van der Waals surface area contributed by atoms with Crippen LogP contribution in [0.3, 0.4) is 0 Å². The van der Waals surface area contributed by atoms with Crippen molar-refractivity contribution in [2.45, 2.75) is 71.9 Å². The molecule has 3 aromatic rings. The molecule has 212 valence electrons. The van der Waals surface area contributed by atoms with Gasteiger partial charge in [-0.1, -0.05) is 81.8 Å². The Hall–Kier alpha value is -3.31. The molecular formula is C35H42O5. The Labute approximate surface area is 238 Å². The minimum Gasteiger partial charge on any atom is -0.508 e. The third-order valence-electron chi connectivity index (χ3n) is 8.66. The molecule has 0 unspecified atom stereocenters. The first-order valence-electron chi connectivity index (χ1n) is 14.7. The number of benzene rings is 3. The van der Waals surface area contributed by atoms with Gasteiger partial charge in [0.2, 0.25) is 6.29 Å². The van der Waals surface area contributed by atoms with Gasteiger partial charge in [-0.3, -0.25) is 4.79 Å². The van der Waals surface area contributed by atoms with Crippen molar-refractivity contribution in [2.24, 2.45) is 29.6 Å². The van der Waals surface area contributed by atoms with E-state index >= 15 is 0 Å². The van der Waals surface area contributed by atoms with Gasteiger partial charge in [0, 0.05) is 5.92 Å². The third kappa shape index (κ3) is 7.06. The standard InChI is InChI=1S/C35H42O5/c1-23(2)30-16-15-24(3)17-33(30)39-35-32(31(34(37)40-35)20-26-11-7-13-28(36)18-26)21-27-12-8-14-29(19-27)38-22-25-9-5-4-6-10-25/h4-14,18-19,23-24,30-33,35-36H,15-17,20-22H2,1-3H3/t24-,30+,31-,32-,33-,35-/m1/s1. The van der Waals surface area contributed by atoms with E-state index in [2.05, 4.69) is 45.0 Å². The lowest BCUT2D eigenvalue weighted by Crippen LogP contribution is -2.39. The van der Waals surface area contributed by atoms with Gasteiger partial charge in [-0.15, -0.1) is 0 Å². The number of carbonyl (C=O) groups excluding carboxylic acids is 1. The van der Waals surface area contributed by atoms with E-state index in [0.29, 0.717) is 37.2 Å². The Bertz CT molecular complexity index is 1260. The molecule has 1 N–H and O–H groups in total. The second-order valence-corrected chi connectivity index (χ2v) is 12.1. The molecule has 5 nitrogen and oxygen atoms in total. The Morgan fingerprint density at radius 3 is 2.38 bits per heavy atom. The van der Waals surface area contributed by atoms with Crippen LogP contribution in [0.4, 0.5) is 0 Å². The van der Waals surface area contributed by atoms with Gasteiger partial charge in [0.05, 0.1) is 12.0 Å². The lowest BCUT2D eigenvalue weighted by Gasteiger charge is -2.39. The van der Waals surface area contributed by atoms with Crippen LogP contribution in [0.15, 0.2) is 78.9 Å². The molecule has 1 aliphatic heterocycles. The normalized spacial score (nSPS) is 26.6. The Kier molecular flexibility index (Phi) is 9.11. The molecule has 1 saturated heterocycles. The van der Waals surface area contributed by atoms with Gasteiger partial charge in [-0.05, 0) is 84.4 Å². The van der Waals surface area contributed by atoms with Gasteiger partial charge < -0.3 is 19.3 Å². The zero-order chi connectivity index (χ0) is 28.1. The molecule has 0 radical (unpaired) electrons. The molecule has 1 aliphatic carbocycles. The fourth-order valence-electron chi connectivity index (χ4n) is 6.41. The van der Waals surface area contributed by atoms with E-state index in [-0.39, 0.29) is 29.7 Å². The van der Waals surface area contributed by atoms with Crippen LogP contribution in [-0.2, 0) is 33.7 Å². The lowest BCUT2D eigenvalue weighted by atomic mass is 9.75. The van der Waals surface area contributed by atoms with E-state index in [1.807, 2.05) is 42.5 Å². The van der Waals surface area contributed by atoms with E-state index in [1.54, 1.807) is 12.1 Å². The van der Waals surface area contributed by atoms with Crippen molar-refractivity contribution >= 4 is 5.97 Å². The molecular weight excluding hydrogens is 500 g/mol. The van der Waals surface area contributed by atoms with Crippen molar-refractivity contribution in [2.75, 3.05) is 0 Å². The average molecular weight is 543 g/mol. The largest absolute Gasteiger partial charge is 0.508 e. The second kappa shape index (κ2) is 12.9. The molecule has 3 aromatic carbocycles. The summed E-state index contributed by atoms with van der Waals surface area (Å²) in [5, 5.41) is 10.0. The summed E-state index contributed by atoms with van der Waals surface area (Å²) in [6.07, 6.45) is 3.95. The number of ether oxygens (including phenoxy) is 3. The van der Waals surface area contributed by atoms with Crippen molar-refractivity contribution in [1.29, 1.82) is 0 Å². The van der Waals surface area contributed by atoms with Crippen LogP contribution >= 0.6 is 0 Å². The van der Waals surface area contributed by atoms with E-state index < -0.39 is 6.29 Å². The van der Waals surface area contributed by atoms with E-state index in [0.717, 1.165) is 35.3 Å². The summed E-state index contributed by atoms with van der Waals surface area (Å²) in [6.45, 7) is 7.32. The summed E-state index contributed by atoms with van der Waals surface area (Å²) in [7, 11) is 0. The van der Waals surface area contributed by atoms with Gasteiger partial charge in [-0.25, -0.2) is 0 Å². The summed E-state index contributed by atoms with van der Waals surface area (Å²) in [6, 6.07) is 25.4. The van der Waals surface area contributed by atoms with Crippen LogP contribution in [0.25, 0.3) is 0 Å². The zero-order valence-electron chi connectivity index (χ0n) is 23.9. The maximum Gasteiger partial charge on any atom is 0.312 e. The number of phenols is 1. The molecule has 5 rings (SSSR count). The van der Waals surface area contributed by atoms with Gasteiger partial charge >= 0.3 is 5.97 Å². The highest BCUT2D eigenvalue weighted by Gasteiger charge is 2.47. The highest BCUT2D eigenvalue weighted by molar-refractivity contribution is 5.75. The summed E-state index contributed by atoms with van der Waals surface area (Å²) in [5.41, 5.74) is 3.11. The summed E-state index contributed by atoms with van der Waals surface area (Å²) in [4.78, 5) is 13.3. The molecule has 0 spiro atoms. The van der Waals surface area contributed by atoms with E-state index in [4.69, 9.17) is 14.2 Å². The molecule has 0 bridgehead atoms. The van der Waals surface area contributed by atoms with Crippen molar-refractivity contribution < 1.29 is 24.1 Å². The molecule has 2 fully saturated rings. The minimum absolute atomic E-state index is 0.0732. The predicted octanol–water partition coefficient (Wildman–Crippen LogP) is 7.35. The smallest absolute Gasteiger partial charge is 0.312 e. The number of hydrogen-bond acceptors (Lipinski definition) is 5. The fourth-order valence-corrected chi connectivity index (χ4v) is 6.41. The number of carbonyl (C=O) groups is 1. The Morgan fingerprint density at radius 2 is 1.62 bits per heavy atom. The highest BCUT2D eigenvalue weighted by Crippen LogP contribution is 2.41. The number of hydrogen-bond donors (Lipinski definition) is 1. The van der Waals surface area contributed by atoms with Gasteiger partial charge in [-0.2, -0.15) is 0 Å². The number of aromatic hydroxyl groups is 1. The van der Waals surface area contributed by atoms with E-state index in [1.165, 1.54) is 6.42 Å². The quantitative estimate of drug-likeness (QED) is 0.271. The van der Waals surface area contributed by atoms with Crippen molar-refractivity contribution in [1.82, 2.24) is 0 Å². The topological polar surface area (TPSA) is 65.0 Å². The monoisotopic (exact) mass is 542 g/mol. The van der Waals surface area contributed by atoms with Gasteiger partial charge in [0.25, 0.3) is 0 Å². The first-order chi connectivity index (χ1) is 19.4. The van der Waals surface area contributed by atoms with E-state index in [9.17, 15) is 9.90 Å². The molecule has 5 heteroatoms. The molecule has 6 atom stereocenters. The van der Waals surface area contributed by atoms with Gasteiger partial charge in [0.1, 0.15) is 18.1 Å². The van der Waals surface area contributed by atoms with Crippen LogP contribution in [0.5, 0.6) is 11.5 Å². The van der Waals surface area contributed by atoms with Crippen LogP contribution in [0, 0.1) is 29.6 Å². The third-order valence-corrected chi connectivity index (χ3v) is 8.66. The number of rotatable bonds is 10. The van der Waals surface area contributed by atoms with Crippen LogP contribution in [-0.4, -0.2) is 23.5 Å². The Balaban J connectivity index is 1.37. The SMILES string of the molecule is CC(C)[C@@H]1CC[C@@H](C)C[C@H]1O[C@@H]1OC(=O)[C@H](Cc2cccc(O)c2)[C@H]1Cc1cccc(OCc2ccccc2)c1. The highest BCUT2D eigenvalue weighted by atomic mass is 16.7. The molecule has 40 heavy (non-hydrogen) atoms. The molecule has 2 aliphatic rings. The van der Waals surface area contributed by atoms with Crippen LogP contribution in [0.2, 0.25) is 0 Å². The first kappa shape index (κ1) is 28.2. The Morgan fingerprint density at radius 1 is 0.900 bits per heavy atom. The second-order valence-electron chi connectivity index (χ2n) is 12.1. The summed E-state index contributed by atoms with van der Waals surface area (Å²) >= 11 is 0. The van der Waals surface area contributed by atoms with Crippen LogP contribution in [0.1, 0.15) is 56.7 Å². The molecule has 0 aromatic heterocycles.